The molecule has 18 heavy (non-hydrogen) atoms. The number of hydrogen-bond donors (Lipinski definition) is 0. The topological polar surface area (TPSA) is 82.3 Å². The zero-order chi connectivity index (χ0) is 13.9. The van der Waals surface area contributed by atoms with Crippen LogP contribution in [-0.2, 0) is 16.0 Å². The molecule has 0 spiro atoms. The summed E-state index contributed by atoms with van der Waals surface area (Å²) in [7, 11) is 1.01. The van der Waals surface area contributed by atoms with E-state index in [1.807, 2.05) is 0 Å². The largest absolute Gasteiger partial charge is 0.469 e. The van der Waals surface area contributed by atoms with E-state index < -0.39 is 46.6 Å². The first-order chi connectivity index (χ1) is 8.36. The standard InChI is InChI=1S/C9H7F3N2O4/c1-18-6(15)3-4-2-5(14(16)17)13-9(12)7(4)8(10)11/h2,8H,3H2,1H3. The molecule has 1 heterocycles. The second-order valence-corrected chi connectivity index (χ2v) is 3.15. The highest BCUT2D eigenvalue weighted by atomic mass is 19.3. The minimum Gasteiger partial charge on any atom is -0.469 e. The molecule has 9 heteroatoms. The van der Waals surface area contributed by atoms with Crippen LogP contribution in [0.1, 0.15) is 17.6 Å². The molecule has 0 saturated carbocycles. The molecule has 0 aromatic carbocycles. The quantitative estimate of drug-likeness (QED) is 0.358. The van der Waals surface area contributed by atoms with Crippen molar-refractivity contribution in [1.29, 1.82) is 0 Å². The van der Waals surface area contributed by atoms with Crippen LogP contribution in [0.25, 0.3) is 0 Å². The summed E-state index contributed by atoms with van der Waals surface area (Å²) in [5.74, 6) is -3.54. The summed E-state index contributed by atoms with van der Waals surface area (Å²) in [4.78, 5) is 23.1. The molecular formula is C9H7F3N2O4. The molecule has 0 bridgehead atoms. The molecule has 6 nitrogen and oxygen atoms in total. The lowest BCUT2D eigenvalue weighted by atomic mass is 10.1. The molecule has 98 valence electrons. The van der Waals surface area contributed by atoms with Crippen molar-refractivity contribution in [1.82, 2.24) is 4.98 Å². The average Bonchev–Trinajstić information content (AvgIpc) is 2.27. The second-order valence-electron chi connectivity index (χ2n) is 3.15. The van der Waals surface area contributed by atoms with E-state index in [2.05, 4.69) is 9.72 Å². The maximum absolute atomic E-state index is 13.2. The predicted molar refractivity (Wildman–Crippen MR) is 51.5 cm³/mol. The lowest BCUT2D eigenvalue weighted by molar-refractivity contribution is -0.390. The number of nitrogens with zero attached hydrogens (tertiary/aromatic N) is 2. The summed E-state index contributed by atoms with van der Waals surface area (Å²) in [6.07, 6.45) is -3.94. The molecule has 0 atom stereocenters. The zero-order valence-corrected chi connectivity index (χ0v) is 9.02. The Kier molecular flexibility index (Phi) is 4.18. The molecular weight excluding hydrogens is 257 g/mol. The Morgan fingerprint density at radius 2 is 2.22 bits per heavy atom. The Bertz CT molecular complexity index is 493. The first kappa shape index (κ1) is 13.9. The molecule has 0 N–H and O–H groups in total. The number of methoxy groups -OCH3 is 1. The average molecular weight is 264 g/mol. The van der Waals surface area contributed by atoms with E-state index in [-0.39, 0.29) is 0 Å². The van der Waals surface area contributed by atoms with E-state index >= 15 is 0 Å². The normalized spacial score (nSPS) is 10.5. The minimum atomic E-state index is -3.24. The summed E-state index contributed by atoms with van der Waals surface area (Å²) in [6, 6.07) is 0.626. The van der Waals surface area contributed by atoms with Crippen LogP contribution >= 0.6 is 0 Å². The van der Waals surface area contributed by atoms with Gasteiger partial charge in [0.05, 0.1) is 13.5 Å². The first-order valence-corrected chi connectivity index (χ1v) is 4.55. The minimum absolute atomic E-state index is 0.518. The maximum Gasteiger partial charge on any atom is 0.367 e. The van der Waals surface area contributed by atoms with Gasteiger partial charge in [0.2, 0.25) is 0 Å². The van der Waals surface area contributed by atoms with Crippen molar-refractivity contribution in [2.75, 3.05) is 7.11 Å². The van der Waals surface area contributed by atoms with Gasteiger partial charge in [-0.15, -0.1) is 0 Å². The molecule has 0 aliphatic carbocycles. The van der Waals surface area contributed by atoms with Crippen LogP contribution in [0.5, 0.6) is 0 Å². The van der Waals surface area contributed by atoms with Crippen LogP contribution in [-0.4, -0.2) is 23.0 Å². The number of aromatic nitrogens is 1. The summed E-state index contributed by atoms with van der Waals surface area (Å²) in [5, 5.41) is 10.4. The number of hydrogen-bond acceptors (Lipinski definition) is 5. The Labute approximate surface area is 98.5 Å². The molecule has 0 unspecified atom stereocenters. The van der Waals surface area contributed by atoms with Gasteiger partial charge in [0, 0.05) is 6.07 Å². The Balaban J connectivity index is 3.33. The van der Waals surface area contributed by atoms with Gasteiger partial charge in [0.25, 0.3) is 6.43 Å². The van der Waals surface area contributed by atoms with E-state index in [1.54, 1.807) is 0 Å². The van der Waals surface area contributed by atoms with E-state index in [9.17, 15) is 28.1 Å². The third kappa shape index (κ3) is 2.93. The number of ether oxygens (including phenoxy) is 1. The molecule has 1 aromatic rings. The highest BCUT2D eigenvalue weighted by molar-refractivity contribution is 5.73. The third-order valence-corrected chi connectivity index (χ3v) is 2.05. The molecule has 0 radical (unpaired) electrons. The third-order valence-electron chi connectivity index (χ3n) is 2.05. The molecule has 0 fully saturated rings. The number of alkyl halides is 2. The van der Waals surface area contributed by atoms with Crippen LogP contribution < -0.4 is 0 Å². The van der Waals surface area contributed by atoms with Crippen molar-refractivity contribution < 1.29 is 27.6 Å². The molecule has 0 aliphatic heterocycles. The van der Waals surface area contributed by atoms with Crippen molar-refractivity contribution in [2.24, 2.45) is 0 Å². The lowest BCUT2D eigenvalue weighted by Gasteiger charge is -2.06. The van der Waals surface area contributed by atoms with E-state index in [0.29, 0.717) is 6.07 Å². The fourth-order valence-electron chi connectivity index (χ4n) is 1.26. The van der Waals surface area contributed by atoms with Crippen LogP contribution in [0.15, 0.2) is 6.07 Å². The van der Waals surface area contributed by atoms with Crippen LogP contribution in [0.2, 0.25) is 0 Å². The van der Waals surface area contributed by atoms with E-state index in [4.69, 9.17) is 0 Å². The second kappa shape index (κ2) is 5.43. The van der Waals surface area contributed by atoms with Crippen LogP contribution in [0.4, 0.5) is 19.0 Å². The van der Waals surface area contributed by atoms with Gasteiger partial charge < -0.3 is 14.9 Å². The van der Waals surface area contributed by atoms with Gasteiger partial charge in [-0.1, -0.05) is 0 Å². The predicted octanol–water partition coefficient (Wildman–Crippen LogP) is 1.78. The number of carbonyl (C=O) groups is 1. The summed E-state index contributed by atoms with van der Waals surface area (Å²) < 4.78 is 42.6. The molecule has 0 aliphatic rings. The monoisotopic (exact) mass is 264 g/mol. The van der Waals surface area contributed by atoms with Crippen LogP contribution in [0.3, 0.4) is 0 Å². The summed E-state index contributed by atoms with van der Waals surface area (Å²) >= 11 is 0. The van der Waals surface area contributed by atoms with E-state index in [1.165, 1.54) is 0 Å². The SMILES string of the molecule is COC(=O)Cc1cc([N+](=O)[O-])nc(F)c1C(F)F. The number of rotatable bonds is 4. The van der Waals surface area contributed by atoms with Gasteiger partial charge in [-0.25, -0.2) is 8.78 Å². The Morgan fingerprint density at radius 1 is 1.61 bits per heavy atom. The zero-order valence-electron chi connectivity index (χ0n) is 9.02. The summed E-state index contributed by atoms with van der Waals surface area (Å²) in [6.45, 7) is 0. The number of carbonyl (C=O) groups excluding carboxylic acids is 1. The van der Waals surface area contributed by atoms with E-state index in [0.717, 1.165) is 7.11 Å². The molecule has 1 rings (SSSR count). The smallest absolute Gasteiger partial charge is 0.367 e. The van der Waals surface area contributed by atoms with Crippen molar-refractivity contribution in [3.05, 3.63) is 33.3 Å². The van der Waals surface area contributed by atoms with Gasteiger partial charge in [-0.05, 0) is 15.5 Å². The van der Waals surface area contributed by atoms with Gasteiger partial charge >= 0.3 is 17.7 Å². The van der Waals surface area contributed by atoms with Crippen LogP contribution in [0, 0.1) is 16.1 Å². The molecule has 1 aromatic heterocycles. The first-order valence-electron chi connectivity index (χ1n) is 4.55. The highest BCUT2D eigenvalue weighted by Crippen LogP contribution is 2.28. The fourth-order valence-corrected chi connectivity index (χ4v) is 1.26. The van der Waals surface area contributed by atoms with Gasteiger partial charge in [-0.3, -0.25) is 4.79 Å². The van der Waals surface area contributed by atoms with Gasteiger partial charge in [0.1, 0.15) is 5.56 Å². The highest BCUT2D eigenvalue weighted by Gasteiger charge is 2.28. The van der Waals surface area contributed by atoms with Crippen molar-refractivity contribution in [3.63, 3.8) is 0 Å². The van der Waals surface area contributed by atoms with Crippen molar-refractivity contribution in [3.8, 4) is 0 Å². The number of nitro groups is 1. The Hall–Kier alpha value is -2.19. The number of halogens is 3. The van der Waals surface area contributed by atoms with Gasteiger partial charge in [-0.2, -0.15) is 4.39 Å². The lowest BCUT2D eigenvalue weighted by Crippen LogP contribution is -2.11. The van der Waals surface area contributed by atoms with Gasteiger partial charge in [0.15, 0.2) is 0 Å². The molecule has 0 saturated heterocycles. The number of esters is 1. The number of pyridine rings is 1. The fraction of sp³-hybridized carbons (Fsp3) is 0.333. The molecule has 0 amide bonds. The Morgan fingerprint density at radius 3 is 2.67 bits per heavy atom. The maximum atomic E-state index is 13.2. The van der Waals surface area contributed by atoms with Crippen molar-refractivity contribution >= 4 is 11.8 Å². The summed E-state index contributed by atoms with van der Waals surface area (Å²) in [5.41, 5.74) is -1.65. The van der Waals surface area contributed by atoms with Crippen molar-refractivity contribution in [2.45, 2.75) is 12.8 Å².